The molecule has 0 fully saturated rings. The van der Waals surface area contributed by atoms with Gasteiger partial charge in [-0.1, -0.05) is 19.9 Å². The van der Waals surface area contributed by atoms with Gasteiger partial charge in [-0.25, -0.2) is 4.98 Å². The molecule has 7 heteroatoms. The maximum Gasteiger partial charge on any atom is 0.419 e. The number of rotatable bonds is 6. The van der Waals surface area contributed by atoms with Crippen LogP contribution in [0.1, 0.15) is 32.8 Å². The average molecular weight is 391 g/mol. The van der Waals surface area contributed by atoms with E-state index >= 15 is 0 Å². The Balaban J connectivity index is 1.96. The van der Waals surface area contributed by atoms with Crippen molar-refractivity contribution in [2.24, 2.45) is 11.7 Å². The number of nitrogens with two attached hydrogens (primary N) is 1. The van der Waals surface area contributed by atoms with Crippen molar-refractivity contribution < 1.29 is 17.9 Å². The molecule has 0 radical (unpaired) electrons. The summed E-state index contributed by atoms with van der Waals surface area (Å²) in [6, 6.07) is 7.60. The summed E-state index contributed by atoms with van der Waals surface area (Å²) in [6.07, 6.45) is -0.620. The fraction of sp³-hybridized carbons (Fsp3) is 0.381. The van der Waals surface area contributed by atoms with Gasteiger partial charge in [-0.2, -0.15) is 13.2 Å². The first-order valence-electron chi connectivity index (χ1n) is 9.12. The number of aromatic amines is 1. The highest BCUT2D eigenvalue weighted by atomic mass is 19.4. The lowest BCUT2D eigenvalue weighted by Crippen LogP contribution is -2.43. The number of H-pyrrole nitrogens is 1. The smallest absolute Gasteiger partial charge is 0.419 e. The second kappa shape index (κ2) is 7.47. The quantitative estimate of drug-likeness (QED) is 0.592. The molecule has 1 aromatic carbocycles. The summed E-state index contributed by atoms with van der Waals surface area (Å²) in [5, 5.41) is 0.760. The minimum Gasteiger partial charge on any atom is -0.491 e. The monoisotopic (exact) mass is 391 g/mol. The van der Waals surface area contributed by atoms with E-state index < -0.39 is 17.3 Å². The molecule has 0 bridgehead atoms. The molecule has 0 amide bonds. The van der Waals surface area contributed by atoms with E-state index in [2.05, 4.69) is 9.97 Å². The van der Waals surface area contributed by atoms with Crippen LogP contribution in [0.2, 0.25) is 0 Å². The molecule has 1 unspecified atom stereocenters. The lowest BCUT2D eigenvalue weighted by atomic mass is 9.93. The lowest BCUT2D eigenvalue weighted by molar-refractivity contribution is -0.139. The van der Waals surface area contributed by atoms with E-state index in [0.717, 1.165) is 11.5 Å². The minimum absolute atomic E-state index is 0.00488. The van der Waals surface area contributed by atoms with Crippen LogP contribution >= 0.6 is 0 Å². The van der Waals surface area contributed by atoms with Crippen molar-refractivity contribution in [1.29, 1.82) is 0 Å². The van der Waals surface area contributed by atoms with E-state index in [1.54, 1.807) is 37.5 Å². The average Bonchev–Trinajstić information content (AvgIpc) is 3.06. The van der Waals surface area contributed by atoms with Gasteiger partial charge < -0.3 is 15.5 Å². The number of aromatic nitrogens is 2. The SMILES string of the molecule is CC(C)CC(C)(N)COc1ccc(-c2ccnc3[nH]ccc23)cc1C(F)(F)F. The number of ether oxygens (including phenoxy) is 1. The Bertz CT molecular complexity index is 961. The first kappa shape index (κ1) is 20.2. The van der Waals surface area contributed by atoms with Gasteiger partial charge in [0.05, 0.1) is 5.56 Å². The van der Waals surface area contributed by atoms with Crippen molar-refractivity contribution in [3.8, 4) is 16.9 Å². The third kappa shape index (κ3) is 4.47. The summed E-state index contributed by atoms with van der Waals surface area (Å²) in [5.41, 5.74) is 6.40. The van der Waals surface area contributed by atoms with E-state index in [0.29, 0.717) is 29.1 Å². The maximum atomic E-state index is 13.7. The fourth-order valence-corrected chi connectivity index (χ4v) is 3.49. The molecule has 1 atom stereocenters. The van der Waals surface area contributed by atoms with E-state index in [-0.39, 0.29) is 12.4 Å². The van der Waals surface area contributed by atoms with Gasteiger partial charge in [0.15, 0.2) is 0 Å². The largest absolute Gasteiger partial charge is 0.491 e. The number of hydrogen-bond acceptors (Lipinski definition) is 3. The summed E-state index contributed by atoms with van der Waals surface area (Å²) < 4.78 is 46.6. The number of fused-ring (bicyclic) bond motifs is 1. The van der Waals surface area contributed by atoms with Gasteiger partial charge in [0.1, 0.15) is 18.0 Å². The number of nitrogens with zero attached hydrogens (tertiary/aromatic N) is 1. The summed E-state index contributed by atoms with van der Waals surface area (Å²) in [6.45, 7) is 5.81. The van der Waals surface area contributed by atoms with Gasteiger partial charge in [-0.05, 0) is 54.7 Å². The predicted octanol–water partition coefficient (Wildman–Crippen LogP) is 5.39. The Morgan fingerprint density at radius 3 is 2.61 bits per heavy atom. The van der Waals surface area contributed by atoms with Crippen molar-refractivity contribution in [1.82, 2.24) is 9.97 Å². The Labute approximate surface area is 161 Å². The lowest BCUT2D eigenvalue weighted by Gasteiger charge is -2.27. The van der Waals surface area contributed by atoms with Crippen LogP contribution in [0.15, 0.2) is 42.7 Å². The Morgan fingerprint density at radius 1 is 1.18 bits per heavy atom. The molecule has 3 N–H and O–H groups in total. The van der Waals surface area contributed by atoms with E-state index in [4.69, 9.17) is 10.5 Å². The number of hydrogen-bond donors (Lipinski definition) is 2. The number of pyridine rings is 1. The zero-order chi connectivity index (χ0) is 20.5. The van der Waals surface area contributed by atoms with Crippen LogP contribution < -0.4 is 10.5 Å². The molecule has 3 aromatic rings. The molecule has 0 spiro atoms. The van der Waals surface area contributed by atoms with Crippen LogP contribution in [0.5, 0.6) is 5.75 Å². The maximum absolute atomic E-state index is 13.7. The van der Waals surface area contributed by atoms with Crippen molar-refractivity contribution in [2.75, 3.05) is 6.61 Å². The normalized spacial score (nSPS) is 14.4. The Morgan fingerprint density at radius 2 is 1.93 bits per heavy atom. The molecule has 4 nitrogen and oxygen atoms in total. The molecule has 0 saturated heterocycles. The first-order valence-corrected chi connectivity index (χ1v) is 9.12. The summed E-state index contributed by atoms with van der Waals surface area (Å²) >= 11 is 0. The highest BCUT2D eigenvalue weighted by molar-refractivity contribution is 5.93. The highest BCUT2D eigenvalue weighted by Crippen LogP contribution is 2.40. The third-order valence-corrected chi connectivity index (χ3v) is 4.49. The molecule has 2 heterocycles. The van der Waals surface area contributed by atoms with E-state index in [1.165, 1.54) is 6.07 Å². The van der Waals surface area contributed by atoms with E-state index in [9.17, 15) is 13.2 Å². The Hall–Kier alpha value is -2.54. The zero-order valence-corrected chi connectivity index (χ0v) is 16.1. The number of nitrogens with one attached hydrogen (secondary N) is 1. The molecule has 2 aromatic heterocycles. The molecule has 0 aliphatic carbocycles. The second-order valence-corrected chi connectivity index (χ2v) is 7.85. The third-order valence-electron chi connectivity index (χ3n) is 4.49. The molecule has 150 valence electrons. The Kier molecular flexibility index (Phi) is 5.39. The van der Waals surface area contributed by atoms with Crippen LogP contribution in [0.3, 0.4) is 0 Å². The highest BCUT2D eigenvalue weighted by Gasteiger charge is 2.35. The summed E-state index contributed by atoms with van der Waals surface area (Å²) in [5.74, 6) is 0.106. The van der Waals surface area contributed by atoms with Crippen LogP contribution in [0, 0.1) is 5.92 Å². The van der Waals surface area contributed by atoms with Crippen LogP contribution in [0.4, 0.5) is 13.2 Å². The summed E-state index contributed by atoms with van der Waals surface area (Å²) in [7, 11) is 0. The van der Waals surface area contributed by atoms with Crippen LogP contribution in [-0.4, -0.2) is 22.1 Å². The van der Waals surface area contributed by atoms with Crippen molar-refractivity contribution in [3.63, 3.8) is 0 Å². The van der Waals surface area contributed by atoms with Gasteiger partial charge in [0, 0.05) is 23.3 Å². The first-order chi connectivity index (χ1) is 13.1. The topological polar surface area (TPSA) is 63.9 Å². The van der Waals surface area contributed by atoms with E-state index in [1.807, 2.05) is 13.8 Å². The van der Waals surface area contributed by atoms with Crippen molar-refractivity contribution in [2.45, 2.75) is 38.9 Å². The van der Waals surface area contributed by atoms with Gasteiger partial charge in [0.25, 0.3) is 0 Å². The zero-order valence-electron chi connectivity index (χ0n) is 16.1. The number of alkyl halides is 3. The molecular weight excluding hydrogens is 367 g/mol. The summed E-state index contributed by atoms with van der Waals surface area (Å²) in [4.78, 5) is 7.15. The molecule has 3 rings (SSSR count). The van der Waals surface area contributed by atoms with Gasteiger partial charge in [0.2, 0.25) is 0 Å². The van der Waals surface area contributed by atoms with Crippen molar-refractivity contribution in [3.05, 3.63) is 48.3 Å². The van der Waals surface area contributed by atoms with Crippen LogP contribution in [-0.2, 0) is 6.18 Å². The van der Waals surface area contributed by atoms with Crippen LogP contribution in [0.25, 0.3) is 22.2 Å². The fourth-order valence-electron chi connectivity index (χ4n) is 3.49. The number of halogens is 3. The molecule has 0 aliphatic rings. The molecule has 28 heavy (non-hydrogen) atoms. The molecule has 0 saturated carbocycles. The van der Waals surface area contributed by atoms with Gasteiger partial charge >= 0.3 is 6.18 Å². The van der Waals surface area contributed by atoms with Gasteiger partial charge in [-0.15, -0.1) is 0 Å². The van der Waals surface area contributed by atoms with Crippen molar-refractivity contribution >= 4 is 11.0 Å². The second-order valence-electron chi connectivity index (χ2n) is 7.85. The minimum atomic E-state index is -4.54. The standard InChI is InChI=1S/C21H24F3N3O/c1-13(2)11-20(3,25)12-28-18-5-4-14(10-17(18)21(22,23)24)15-6-8-26-19-16(15)7-9-27-19/h4-10,13H,11-12,25H2,1-3H3,(H,26,27). The molecular formula is C21H24F3N3O. The predicted molar refractivity (Wildman–Crippen MR) is 104 cm³/mol. The van der Waals surface area contributed by atoms with Gasteiger partial charge in [-0.3, -0.25) is 0 Å². The molecule has 0 aliphatic heterocycles. The number of benzene rings is 1.